The van der Waals surface area contributed by atoms with Gasteiger partial charge in [-0.05, 0) is 48.7 Å². The molecular formula is C21H24N2O3. The zero-order valence-corrected chi connectivity index (χ0v) is 15.0. The van der Waals surface area contributed by atoms with E-state index < -0.39 is 0 Å². The second kappa shape index (κ2) is 8.94. The first-order valence-electron chi connectivity index (χ1n) is 8.84. The van der Waals surface area contributed by atoms with Gasteiger partial charge in [0.2, 0.25) is 12.7 Å². The van der Waals surface area contributed by atoms with Crippen molar-refractivity contribution < 1.29 is 14.3 Å². The van der Waals surface area contributed by atoms with E-state index in [2.05, 4.69) is 29.4 Å². The van der Waals surface area contributed by atoms with Crippen LogP contribution in [0.1, 0.15) is 18.4 Å². The molecule has 26 heavy (non-hydrogen) atoms. The van der Waals surface area contributed by atoms with E-state index in [4.69, 9.17) is 9.47 Å². The molecule has 0 saturated heterocycles. The number of anilines is 1. The van der Waals surface area contributed by atoms with Crippen molar-refractivity contribution in [2.45, 2.75) is 12.8 Å². The third-order valence-corrected chi connectivity index (χ3v) is 4.24. The van der Waals surface area contributed by atoms with Crippen LogP contribution in [0.4, 0.5) is 5.69 Å². The molecule has 0 spiro atoms. The summed E-state index contributed by atoms with van der Waals surface area (Å²) in [4.78, 5) is 14.1. The Morgan fingerprint density at radius 2 is 1.92 bits per heavy atom. The maximum absolute atomic E-state index is 11.9. The van der Waals surface area contributed by atoms with Crippen LogP contribution >= 0.6 is 0 Å². The Kier molecular flexibility index (Phi) is 6.14. The summed E-state index contributed by atoms with van der Waals surface area (Å²) in [7, 11) is 2.09. The molecule has 1 amide bonds. The zero-order chi connectivity index (χ0) is 18.2. The molecule has 2 aromatic rings. The Hall–Kier alpha value is -2.95. The standard InChI is InChI=1S/C21H24N2O3/c1-23(18-7-3-2-4-8-18)14-6-5-13-22-21(24)12-10-17-9-11-19-20(15-17)26-16-25-19/h2-4,7-12,15H,5-6,13-14,16H2,1H3,(H,22,24)/b12-10+. The van der Waals surface area contributed by atoms with Crippen LogP contribution in [-0.2, 0) is 4.79 Å². The van der Waals surface area contributed by atoms with Gasteiger partial charge in [0.05, 0.1) is 0 Å². The van der Waals surface area contributed by atoms with Crippen LogP contribution < -0.4 is 19.7 Å². The molecule has 0 radical (unpaired) electrons. The molecule has 1 aliphatic rings. The van der Waals surface area contributed by atoms with Gasteiger partial charge in [-0.3, -0.25) is 4.79 Å². The van der Waals surface area contributed by atoms with E-state index in [0.29, 0.717) is 6.54 Å². The first-order valence-corrected chi connectivity index (χ1v) is 8.84. The summed E-state index contributed by atoms with van der Waals surface area (Å²) in [5.41, 5.74) is 2.12. The summed E-state index contributed by atoms with van der Waals surface area (Å²) in [6, 6.07) is 15.9. The van der Waals surface area contributed by atoms with E-state index in [-0.39, 0.29) is 12.7 Å². The molecule has 1 heterocycles. The lowest BCUT2D eigenvalue weighted by molar-refractivity contribution is -0.116. The van der Waals surface area contributed by atoms with Gasteiger partial charge in [-0.1, -0.05) is 24.3 Å². The van der Waals surface area contributed by atoms with E-state index in [0.717, 1.165) is 36.4 Å². The van der Waals surface area contributed by atoms with Crippen molar-refractivity contribution in [2.24, 2.45) is 0 Å². The average molecular weight is 352 g/mol. The fraction of sp³-hybridized carbons (Fsp3) is 0.286. The number of unbranched alkanes of at least 4 members (excludes halogenated alkanes) is 1. The lowest BCUT2D eigenvalue weighted by Gasteiger charge is -2.18. The fourth-order valence-electron chi connectivity index (χ4n) is 2.74. The number of carbonyl (C=O) groups is 1. The van der Waals surface area contributed by atoms with Crippen LogP contribution in [0.15, 0.2) is 54.6 Å². The minimum Gasteiger partial charge on any atom is -0.454 e. The normalized spacial score (nSPS) is 12.3. The van der Waals surface area contributed by atoms with E-state index in [1.807, 2.05) is 36.4 Å². The first-order chi connectivity index (χ1) is 12.7. The summed E-state index contributed by atoms with van der Waals surface area (Å²) in [6.45, 7) is 1.89. The third-order valence-electron chi connectivity index (χ3n) is 4.24. The van der Waals surface area contributed by atoms with Crippen LogP contribution in [0.3, 0.4) is 0 Å². The number of carbonyl (C=O) groups excluding carboxylic acids is 1. The van der Waals surface area contributed by atoms with Crippen molar-refractivity contribution in [3.63, 3.8) is 0 Å². The number of rotatable bonds is 8. The molecule has 0 aliphatic carbocycles. The number of para-hydroxylation sites is 1. The Balaban J connectivity index is 1.34. The number of nitrogens with one attached hydrogen (secondary N) is 1. The van der Waals surface area contributed by atoms with Crippen LogP contribution in [0.25, 0.3) is 6.08 Å². The molecule has 0 saturated carbocycles. The second-order valence-corrected chi connectivity index (χ2v) is 6.20. The summed E-state index contributed by atoms with van der Waals surface area (Å²) < 4.78 is 10.6. The molecule has 5 heteroatoms. The van der Waals surface area contributed by atoms with Crippen LogP contribution in [-0.4, -0.2) is 32.8 Å². The topological polar surface area (TPSA) is 50.8 Å². The van der Waals surface area contributed by atoms with E-state index in [1.54, 1.807) is 12.2 Å². The molecular weight excluding hydrogens is 328 g/mol. The predicted molar refractivity (Wildman–Crippen MR) is 104 cm³/mol. The largest absolute Gasteiger partial charge is 0.454 e. The fourth-order valence-corrected chi connectivity index (χ4v) is 2.74. The molecule has 0 atom stereocenters. The summed E-state index contributed by atoms with van der Waals surface area (Å²) in [6.07, 6.45) is 5.30. The lowest BCUT2D eigenvalue weighted by Crippen LogP contribution is -2.24. The van der Waals surface area contributed by atoms with Crippen molar-refractivity contribution in [3.05, 3.63) is 60.2 Å². The molecule has 2 aromatic carbocycles. The Morgan fingerprint density at radius 3 is 2.77 bits per heavy atom. The maximum Gasteiger partial charge on any atom is 0.243 e. The van der Waals surface area contributed by atoms with Crippen molar-refractivity contribution >= 4 is 17.7 Å². The maximum atomic E-state index is 11.9. The number of ether oxygens (including phenoxy) is 2. The SMILES string of the molecule is CN(CCCCNC(=O)/C=C/c1ccc2c(c1)OCO2)c1ccccc1. The Bertz CT molecular complexity index is 759. The number of hydrogen-bond acceptors (Lipinski definition) is 4. The van der Waals surface area contributed by atoms with Crippen molar-refractivity contribution in [2.75, 3.05) is 31.8 Å². The van der Waals surface area contributed by atoms with Gasteiger partial charge in [0, 0.05) is 31.9 Å². The van der Waals surface area contributed by atoms with Crippen molar-refractivity contribution in [1.82, 2.24) is 5.32 Å². The van der Waals surface area contributed by atoms with Gasteiger partial charge < -0.3 is 19.7 Å². The Morgan fingerprint density at radius 1 is 1.12 bits per heavy atom. The summed E-state index contributed by atoms with van der Waals surface area (Å²) in [5.74, 6) is 1.38. The quantitative estimate of drug-likeness (QED) is 0.584. The molecule has 0 unspecified atom stereocenters. The number of nitrogens with zero attached hydrogens (tertiary/aromatic N) is 1. The van der Waals surface area contributed by atoms with Gasteiger partial charge in [-0.25, -0.2) is 0 Å². The molecule has 5 nitrogen and oxygen atoms in total. The molecule has 0 aromatic heterocycles. The van der Waals surface area contributed by atoms with E-state index in [1.165, 1.54) is 5.69 Å². The monoisotopic (exact) mass is 352 g/mol. The number of benzene rings is 2. The van der Waals surface area contributed by atoms with Gasteiger partial charge in [0.15, 0.2) is 11.5 Å². The van der Waals surface area contributed by atoms with Gasteiger partial charge in [0.25, 0.3) is 0 Å². The molecule has 3 rings (SSSR count). The van der Waals surface area contributed by atoms with Gasteiger partial charge in [-0.2, -0.15) is 0 Å². The molecule has 1 N–H and O–H groups in total. The number of amides is 1. The van der Waals surface area contributed by atoms with Crippen LogP contribution in [0, 0.1) is 0 Å². The minimum atomic E-state index is -0.0842. The molecule has 0 bridgehead atoms. The number of hydrogen-bond donors (Lipinski definition) is 1. The minimum absolute atomic E-state index is 0.0842. The highest BCUT2D eigenvalue weighted by Crippen LogP contribution is 2.32. The second-order valence-electron chi connectivity index (χ2n) is 6.20. The van der Waals surface area contributed by atoms with Gasteiger partial charge in [0.1, 0.15) is 0 Å². The first kappa shape index (κ1) is 17.9. The molecule has 1 aliphatic heterocycles. The van der Waals surface area contributed by atoms with E-state index >= 15 is 0 Å². The van der Waals surface area contributed by atoms with Gasteiger partial charge >= 0.3 is 0 Å². The highest BCUT2D eigenvalue weighted by molar-refractivity contribution is 5.91. The highest BCUT2D eigenvalue weighted by Gasteiger charge is 2.12. The zero-order valence-electron chi connectivity index (χ0n) is 15.0. The predicted octanol–water partition coefficient (Wildman–Crippen LogP) is 3.46. The summed E-state index contributed by atoms with van der Waals surface area (Å²) in [5, 5.41) is 2.92. The number of fused-ring (bicyclic) bond motifs is 1. The Labute approximate surface area is 154 Å². The smallest absolute Gasteiger partial charge is 0.243 e. The van der Waals surface area contributed by atoms with Crippen molar-refractivity contribution in [3.8, 4) is 11.5 Å². The lowest BCUT2D eigenvalue weighted by atomic mass is 10.2. The van der Waals surface area contributed by atoms with Crippen molar-refractivity contribution in [1.29, 1.82) is 0 Å². The molecule has 136 valence electrons. The average Bonchev–Trinajstić information content (AvgIpc) is 3.14. The van der Waals surface area contributed by atoms with Crippen LogP contribution in [0.2, 0.25) is 0 Å². The van der Waals surface area contributed by atoms with Gasteiger partial charge in [-0.15, -0.1) is 0 Å². The molecule has 0 fully saturated rings. The highest BCUT2D eigenvalue weighted by atomic mass is 16.7. The van der Waals surface area contributed by atoms with E-state index in [9.17, 15) is 4.79 Å². The summed E-state index contributed by atoms with van der Waals surface area (Å²) >= 11 is 0. The van der Waals surface area contributed by atoms with Crippen LogP contribution in [0.5, 0.6) is 11.5 Å². The third kappa shape index (κ3) is 5.02.